The number of benzene rings is 1. The van der Waals surface area contributed by atoms with Crippen molar-refractivity contribution in [2.24, 2.45) is 17.8 Å². The number of hydrogen-bond acceptors (Lipinski definition) is 4. The average molecular weight is 351 g/mol. The lowest BCUT2D eigenvalue weighted by molar-refractivity contribution is -0.129. The second-order valence-corrected chi connectivity index (χ2v) is 7.22. The van der Waals surface area contributed by atoms with Gasteiger partial charge in [0, 0.05) is 0 Å². The molecule has 1 aromatic heterocycles. The van der Waals surface area contributed by atoms with Gasteiger partial charge in [-0.05, 0) is 24.0 Å². The lowest BCUT2D eigenvalue weighted by Gasteiger charge is -2.39. The first-order valence-electron chi connectivity index (χ1n) is 7.55. The van der Waals surface area contributed by atoms with Gasteiger partial charge in [-0.3, -0.25) is 9.59 Å². The zero-order valence-electron chi connectivity index (χ0n) is 13.6. The normalized spacial score (nSPS) is 15.8. The lowest BCUT2D eigenvalue weighted by Crippen LogP contribution is -2.50. The minimum atomic E-state index is -1.25. The van der Waals surface area contributed by atoms with E-state index in [2.05, 4.69) is 30.2 Å². The van der Waals surface area contributed by atoms with Gasteiger partial charge >= 0.3 is 0 Å². The lowest BCUT2D eigenvalue weighted by atomic mass is 9.64. The number of oxazole rings is 1. The Hall–Kier alpha value is -1.27. The van der Waals surface area contributed by atoms with Crippen LogP contribution in [0.1, 0.15) is 33.6 Å². The summed E-state index contributed by atoms with van der Waals surface area (Å²) >= 11 is 8.15. The molecular formula is C17H21NO3S2. The maximum atomic E-state index is 12.6. The van der Waals surface area contributed by atoms with E-state index in [1.807, 2.05) is 45.9 Å². The van der Waals surface area contributed by atoms with Gasteiger partial charge < -0.3 is 4.42 Å². The van der Waals surface area contributed by atoms with E-state index < -0.39 is 16.4 Å². The molecule has 1 heterocycles. The van der Waals surface area contributed by atoms with Crippen LogP contribution in [0.4, 0.5) is 0 Å². The third-order valence-electron chi connectivity index (χ3n) is 4.34. The molecule has 2 unspecified atom stereocenters. The molecule has 2 atom stereocenters. The van der Waals surface area contributed by atoms with Crippen LogP contribution in [0, 0.1) is 17.8 Å². The van der Waals surface area contributed by atoms with Crippen LogP contribution in [-0.4, -0.2) is 15.2 Å². The van der Waals surface area contributed by atoms with Crippen molar-refractivity contribution in [3.05, 3.63) is 30.2 Å². The summed E-state index contributed by atoms with van der Waals surface area (Å²) in [6, 6.07) is 7.27. The van der Waals surface area contributed by atoms with Gasteiger partial charge in [0.2, 0.25) is 11.0 Å². The number of para-hydroxylation sites is 2. The molecule has 0 spiro atoms. The summed E-state index contributed by atoms with van der Waals surface area (Å²) in [6.07, 6.45) is 0. The van der Waals surface area contributed by atoms with Crippen molar-refractivity contribution in [1.82, 2.24) is 4.98 Å². The molecule has 124 valence electrons. The molecule has 0 radical (unpaired) electrons. The number of hydrogen-bond donors (Lipinski definition) is 2. The Balaban J connectivity index is 2.80. The van der Waals surface area contributed by atoms with Crippen LogP contribution < -0.4 is 0 Å². The third-order valence-corrected chi connectivity index (χ3v) is 4.98. The topological polar surface area (TPSA) is 60.2 Å². The summed E-state index contributed by atoms with van der Waals surface area (Å²) in [5.41, 5.74) is -0.0257. The molecule has 0 aliphatic rings. The zero-order chi connectivity index (χ0) is 17.4. The maximum Gasteiger partial charge on any atom is 0.211 e. The van der Waals surface area contributed by atoms with Crippen molar-refractivity contribution < 1.29 is 14.0 Å². The van der Waals surface area contributed by atoms with Crippen molar-refractivity contribution in [3.63, 3.8) is 0 Å². The molecule has 6 heteroatoms. The van der Waals surface area contributed by atoms with Gasteiger partial charge in [0.1, 0.15) is 10.9 Å². The number of carbonyl (C=O) groups is 2. The summed E-state index contributed by atoms with van der Waals surface area (Å²) in [6.45, 7) is 7.51. The highest BCUT2D eigenvalue weighted by Gasteiger charge is 2.55. The van der Waals surface area contributed by atoms with Gasteiger partial charge in [0.15, 0.2) is 10.7 Å². The molecular weight excluding hydrogens is 330 g/mol. The number of nitrogens with zero attached hydrogens (tertiary/aromatic N) is 1. The molecule has 2 aromatic rings. The van der Waals surface area contributed by atoms with E-state index >= 15 is 0 Å². The molecule has 0 saturated heterocycles. The fourth-order valence-corrected chi connectivity index (χ4v) is 4.26. The second kappa shape index (κ2) is 6.69. The number of rotatable bonds is 6. The van der Waals surface area contributed by atoms with Crippen LogP contribution in [0.2, 0.25) is 0 Å². The molecule has 4 nitrogen and oxygen atoms in total. The predicted octanol–water partition coefficient (Wildman–Crippen LogP) is 3.91. The number of aromatic nitrogens is 1. The molecule has 0 aliphatic carbocycles. The van der Waals surface area contributed by atoms with Crippen LogP contribution >= 0.6 is 25.3 Å². The Morgan fingerprint density at radius 3 is 2.17 bits per heavy atom. The highest BCUT2D eigenvalue weighted by Crippen LogP contribution is 2.46. The van der Waals surface area contributed by atoms with Gasteiger partial charge in [-0.1, -0.05) is 39.8 Å². The van der Waals surface area contributed by atoms with E-state index in [0.717, 1.165) is 0 Å². The fourth-order valence-electron chi connectivity index (χ4n) is 3.27. The molecule has 0 saturated carbocycles. The van der Waals surface area contributed by atoms with Crippen LogP contribution in [0.25, 0.3) is 11.1 Å². The highest BCUT2D eigenvalue weighted by atomic mass is 32.1. The van der Waals surface area contributed by atoms with Crippen LogP contribution in [0.3, 0.4) is 0 Å². The van der Waals surface area contributed by atoms with Gasteiger partial charge in [0.25, 0.3) is 0 Å². The molecule has 0 aliphatic heterocycles. The van der Waals surface area contributed by atoms with Crippen molar-refractivity contribution >= 4 is 46.6 Å². The summed E-state index contributed by atoms with van der Waals surface area (Å²) in [5.74, 6) is -0.795. The Kier molecular flexibility index (Phi) is 5.26. The standard InChI is InChI=1S/C17H21NO3S2/c1-9(2)13(14(19)22)17(10(3)4,16(20)23)15-18-11-7-5-6-8-12(11)21-15/h5-10,13H,1-4H3,(H,19,22)(H,20,23). The average Bonchev–Trinajstić information content (AvgIpc) is 2.86. The van der Waals surface area contributed by atoms with Crippen LogP contribution in [0.5, 0.6) is 0 Å². The van der Waals surface area contributed by atoms with Crippen LogP contribution in [-0.2, 0) is 15.0 Å². The third kappa shape index (κ3) is 2.94. The molecule has 23 heavy (non-hydrogen) atoms. The Morgan fingerprint density at radius 2 is 1.74 bits per heavy atom. The highest BCUT2D eigenvalue weighted by molar-refractivity contribution is 7.97. The first kappa shape index (κ1) is 18.1. The molecule has 0 fully saturated rings. The van der Waals surface area contributed by atoms with E-state index in [1.165, 1.54) is 0 Å². The summed E-state index contributed by atoms with van der Waals surface area (Å²) in [5, 5.41) is -0.793. The summed E-state index contributed by atoms with van der Waals surface area (Å²) in [4.78, 5) is 29.3. The zero-order valence-corrected chi connectivity index (χ0v) is 15.4. The monoisotopic (exact) mass is 351 g/mol. The Morgan fingerprint density at radius 1 is 1.13 bits per heavy atom. The molecule has 0 amide bonds. The minimum absolute atomic E-state index is 0.117. The number of fused-ring (bicyclic) bond motifs is 1. The van der Waals surface area contributed by atoms with E-state index in [4.69, 9.17) is 4.42 Å². The molecule has 1 aromatic carbocycles. The van der Waals surface area contributed by atoms with E-state index in [1.54, 1.807) is 6.07 Å². The molecule has 0 N–H and O–H groups in total. The van der Waals surface area contributed by atoms with Crippen molar-refractivity contribution in [1.29, 1.82) is 0 Å². The minimum Gasteiger partial charge on any atom is -0.440 e. The smallest absolute Gasteiger partial charge is 0.211 e. The van der Waals surface area contributed by atoms with Crippen LogP contribution in [0.15, 0.2) is 28.7 Å². The Bertz CT molecular complexity index is 705. The van der Waals surface area contributed by atoms with Crippen molar-refractivity contribution in [3.8, 4) is 0 Å². The van der Waals surface area contributed by atoms with Crippen molar-refractivity contribution in [2.45, 2.75) is 33.1 Å². The fraction of sp³-hybridized carbons (Fsp3) is 0.471. The van der Waals surface area contributed by atoms with E-state index in [9.17, 15) is 9.59 Å². The van der Waals surface area contributed by atoms with Gasteiger partial charge in [-0.15, -0.1) is 25.3 Å². The SMILES string of the molecule is CC(C)C(C(=O)S)C(C(=O)S)(c1nc2ccccc2o1)C(C)C. The largest absolute Gasteiger partial charge is 0.440 e. The van der Waals surface area contributed by atoms with Gasteiger partial charge in [-0.2, -0.15) is 0 Å². The maximum absolute atomic E-state index is 12.6. The second-order valence-electron chi connectivity index (χ2n) is 6.38. The van der Waals surface area contributed by atoms with Gasteiger partial charge in [-0.25, -0.2) is 4.98 Å². The summed E-state index contributed by atoms with van der Waals surface area (Å²) < 4.78 is 5.87. The van der Waals surface area contributed by atoms with Crippen molar-refractivity contribution in [2.75, 3.05) is 0 Å². The van der Waals surface area contributed by atoms with Gasteiger partial charge in [0.05, 0.1) is 5.92 Å². The first-order valence-corrected chi connectivity index (χ1v) is 8.44. The summed E-state index contributed by atoms with van der Waals surface area (Å²) in [7, 11) is 0. The molecule has 0 bridgehead atoms. The first-order chi connectivity index (χ1) is 10.7. The van der Waals surface area contributed by atoms with E-state index in [-0.39, 0.29) is 22.8 Å². The molecule has 2 rings (SSSR count). The number of carbonyl (C=O) groups excluding carboxylic acids is 2. The van der Waals surface area contributed by atoms with E-state index in [0.29, 0.717) is 11.1 Å². The predicted molar refractivity (Wildman–Crippen MR) is 96.8 cm³/mol. The number of thiol groups is 2. The Labute approximate surface area is 146 Å². The quantitative estimate of drug-likeness (QED) is 0.775.